The highest BCUT2D eigenvalue weighted by Gasteiger charge is 2.07. The zero-order valence-corrected chi connectivity index (χ0v) is 7.81. The normalized spacial score (nSPS) is 10.3. The molecule has 0 unspecified atom stereocenters. The minimum atomic E-state index is -0.485. The van der Waals surface area contributed by atoms with Gasteiger partial charge in [0.2, 0.25) is 0 Å². The average molecular weight is 244 g/mol. The van der Waals surface area contributed by atoms with Gasteiger partial charge in [0.05, 0.1) is 0 Å². The van der Waals surface area contributed by atoms with Gasteiger partial charge in [-0.05, 0) is 32.4 Å². The van der Waals surface area contributed by atoms with Crippen LogP contribution in [0.15, 0.2) is 23.1 Å². The molecule has 5 nitrogen and oxygen atoms in total. The van der Waals surface area contributed by atoms with Gasteiger partial charge in [0.1, 0.15) is 6.33 Å². The predicted molar refractivity (Wildman–Crippen MR) is 44.6 cm³/mol. The van der Waals surface area contributed by atoms with Crippen molar-refractivity contribution in [3.05, 3.63) is 28.9 Å². The molecule has 0 atom stereocenters. The number of pyridine rings is 1. The molecule has 0 radical (unpaired) electrons. The lowest BCUT2D eigenvalue weighted by Gasteiger charge is -1.99. The Morgan fingerprint density at radius 2 is 2.31 bits per heavy atom. The summed E-state index contributed by atoms with van der Waals surface area (Å²) in [4.78, 5) is 3.82. The van der Waals surface area contributed by atoms with Crippen LogP contribution in [0.4, 0.5) is 4.39 Å². The number of halogens is 2. The number of nitrogens with zero attached hydrogens (tertiary/aromatic N) is 5. The van der Waals surface area contributed by atoms with Crippen LogP contribution in [0, 0.1) is 5.82 Å². The van der Waals surface area contributed by atoms with Gasteiger partial charge in [-0.1, -0.05) is 0 Å². The molecular weight excluding hydrogens is 241 g/mol. The van der Waals surface area contributed by atoms with Crippen molar-refractivity contribution >= 4 is 15.9 Å². The largest absolute Gasteiger partial charge is 0.233 e. The van der Waals surface area contributed by atoms with Crippen molar-refractivity contribution in [3.63, 3.8) is 0 Å². The molecule has 13 heavy (non-hydrogen) atoms. The van der Waals surface area contributed by atoms with Crippen LogP contribution >= 0.6 is 15.9 Å². The number of aromatic nitrogens is 5. The van der Waals surface area contributed by atoms with E-state index in [0.717, 1.165) is 4.68 Å². The standard InChI is InChI=1S/C6H3BrFN5/c7-4-1-5(8)6(9-2-4)13-3-10-11-12-13/h1-3H. The first-order chi connectivity index (χ1) is 6.27. The van der Waals surface area contributed by atoms with Crippen molar-refractivity contribution < 1.29 is 4.39 Å². The van der Waals surface area contributed by atoms with Gasteiger partial charge < -0.3 is 0 Å². The van der Waals surface area contributed by atoms with Crippen molar-refractivity contribution in [2.45, 2.75) is 0 Å². The van der Waals surface area contributed by atoms with Crippen molar-refractivity contribution in [1.82, 2.24) is 25.2 Å². The van der Waals surface area contributed by atoms with Gasteiger partial charge in [-0.3, -0.25) is 0 Å². The third kappa shape index (κ3) is 1.55. The summed E-state index contributed by atoms with van der Waals surface area (Å²) >= 11 is 3.10. The average Bonchev–Trinajstić information content (AvgIpc) is 2.56. The molecule has 0 aliphatic rings. The molecule has 2 rings (SSSR count). The first-order valence-electron chi connectivity index (χ1n) is 3.32. The Balaban J connectivity index is 2.53. The summed E-state index contributed by atoms with van der Waals surface area (Å²) in [7, 11) is 0. The highest BCUT2D eigenvalue weighted by atomic mass is 79.9. The van der Waals surface area contributed by atoms with Crippen LogP contribution < -0.4 is 0 Å². The van der Waals surface area contributed by atoms with Gasteiger partial charge in [0.25, 0.3) is 0 Å². The maximum absolute atomic E-state index is 13.2. The highest BCUT2D eigenvalue weighted by Crippen LogP contribution is 2.14. The summed E-state index contributed by atoms with van der Waals surface area (Å²) in [6, 6.07) is 1.30. The Hall–Kier alpha value is -1.37. The lowest BCUT2D eigenvalue weighted by atomic mass is 10.4. The molecule has 2 heterocycles. The lowest BCUT2D eigenvalue weighted by Crippen LogP contribution is -2.01. The van der Waals surface area contributed by atoms with Gasteiger partial charge in [-0.2, -0.15) is 4.68 Å². The first kappa shape index (κ1) is 8.24. The second kappa shape index (κ2) is 3.17. The summed E-state index contributed by atoms with van der Waals surface area (Å²) in [6.45, 7) is 0. The van der Waals surface area contributed by atoms with E-state index in [1.54, 1.807) is 0 Å². The number of rotatable bonds is 1. The molecule has 0 bridgehead atoms. The summed E-state index contributed by atoms with van der Waals surface area (Å²) in [5.74, 6) is -0.408. The molecule has 0 fully saturated rings. The van der Waals surface area contributed by atoms with Crippen LogP contribution in [0.1, 0.15) is 0 Å². The van der Waals surface area contributed by atoms with Crippen molar-refractivity contribution in [1.29, 1.82) is 0 Å². The molecule has 2 aromatic rings. The predicted octanol–water partition coefficient (Wildman–Crippen LogP) is 0.959. The van der Waals surface area contributed by atoms with Gasteiger partial charge in [0, 0.05) is 10.7 Å². The number of hydrogen-bond acceptors (Lipinski definition) is 4. The van der Waals surface area contributed by atoms with Gasteiger partial charge in [-0.25, -0.2) is 9.37 Å². The molecule has 0 amide bonds. The van der Waals surface area contributed by atoms with E-state index in [1.165, 1.54) is 18.6 Å². The second-order valence-electron chi connectivity index (χ2n) is 2.21. The van der Waals surface area contributed by atoms with E-state index in [4.69, 9.17) is 0 Å². The Bertz CT molecular complexity index is 415. The molecule has 0 aliphatic heterocycles. The molecule has 0 saturated carbocycles. The Labute approximate surface area is 80.7 Å². The van der Waals surface area contributed by atoms with Gasteiger partial charge >= 0.3 is 0 Å². The highest BCUT2D eigenvalue weighted by molar-refractivity contribution is 9.10. The second-order valence-corrected chi connectivity index (χ2v) is 3.13. The van der Waals surface area contributed by atoms with Crippen LogP contribution in [0.2, 0.25) is 0 Å². The van der Waals surface area contributed by atoms with E-state index in [1.807, 2.05) is 0 Å². The smallest absolute Gasteiger partial charge is 0.193 e. The Morgan fingerprint density at radius 3 is 2.92 bits per heavy atom. The maximum atomic E-state index is 13.2. The van der Waals surface area contributed by atoms with Gasteiger partial charge in [-0.15, -0.1) is 5.10 Å². The zero-order valence-electron chi connectivity index (χ0n) is 6.22. The molecular formula is C6H3BrFN5. The third-order valence-corrected chi connectivity index (χ3v) is 1.79. The van der Waals surface area contributed by atoms with Gasteiger partial charge in [0.15, 0.2) is 11.6 Å². The molecule has 0 aliphatic carbocycles. The molecule has 0 N–H and O–H groups in total. The van der Waals surface area contributed by atoms with E-state index >= 15 is 0 Å². The van der Waals surface area contributed by atoms with Crippen LogP contribution in [0.25, 0.3) is 5.82 Å². The molecule has 7 heteroatoms. The first-order valence-corrected chi connectivity index (χ1v) is 4.11. The summed E-state index contributed by atoms with van der Waals surface area (Å²) in [5, 5.41) is 10.3. The fraction of sp³-hybridized carbons (Fsp3) is 0. The quantitative estimate of drug-likeness (QED) is 0.749. The van der Waals surface area contributed by atoms with Crippen LogP contribution in [0.5, 0.6) is 0 Å². The summed E-state index contributed by atoms with van der Waals surface area (Å²) in [5.41, 5.74) is 0. The van der Waals surface area contributed by atoms with E-state index < -0.39 is 5.82 Å². The fourth-order valence-electron chi connectivity index (χ4n) is 0.834. The molecule has 2 aromatic heterocycles. The number of hydrogen-bond donors (Lipinski definition) is 0. The van der Waals surface area contributed by atoms with Crippen molar-refractivity contribution in [2.75, 3.05) is 0 Å². The molecule has 66 valence electrons. The van der Waals surface area contributed by atoms with Crippen LogP contribution in [-0.2, 0) is 0 Å². The molecule has 0 saturated heterocycles. The topological polar surface area (TPSA) is 56.5 Å². The SMILES string of the molecule is Fc1cc(Br)cnc1-n1cnnn1. The zero-order chi connectivity index (χ0) is 9.26. The Kier molecular flexibility index (Phi) is 2.01. The number of tetrazole rings is 1. The summed E-state index contributed by atoms with van der Waals surface area (Å²) < 4.78 is 14.9. The van der Waals surface area contributed by atoms with E-state index in [9.17, 15) is 4.39 Å². The molecule has 0 aromatic carbocycles. The third-order valence-electron chi connectivity index (χ3n) is 1.35. The minimum absolute atomic E-state index is 0.0770. The van der Waals surface area contributed by atoms with E-state index in [0.29, 0.717) is 4.47 Å². The van der Waals surface area contributed by atoms with Crippen molar-refractivity contribution in [3.8, 4) is 5.82 Å². The molecule has 0 spiro atoms. The fourth-order valence-corrected chi connectivity index (χ4v) is 1.14. The van der Waals surface area contributed by atoms with E-state index in [-0.39, 0.29) is 5.82 Å². The maximum Gasteiger partial charge on any atom is 0.193 e. The van der Waals surface area contributed by atoms with E-state index in [2.05, 4.69) is 36.4 Å². The monoisotopic (exact) mass is 243 g/mol. The minimum Gasteiger partial charge on any atom is -0.233 e. The lowest BCUT2D eigenvalue weighted by molar-refractivity contribution is 0.595. The van der Waals surface area contributed by atoms with Crippen molar-refractivity contribution in [2.24, 2.45) is 0 Å². The van der Waals surface area contributed by atoms with Crippen LogP contribution in [-0.4, -0.2) is 25.2 Å². The summed E-state index contributed by atoms with van der Waals surface area (Å²) in [6.07, 6.45) is 2.75. The Morgan fingerprint density at radius 1 is 1.46 bits per heavy atom. The van der Waals surface area contributed by atoms with Crippen LogP contribution in [0.3, 0.4) is 0 Å².